The van der Waals surface area contributed by atoms with Gasteiger partial charge in [-0.05, 0) is 29.7 Å². The summed E-state index contributed by atoms with van der Waals surface area (Å²) in [7, 11) is 1.80. The fourth-order valence-corrected chi connectivity index (χ4v) is 2.15. The molecule has 3 heteroatoms. The molecule has 1 atom stereocenters. The topological polar surface area (TPSA) is 46.3 Å². The van der Waals surface area contributed by atoms with Crippen LogP contribution in [-0.4, -0.2) is 30.4 Å². The van der Waals surface area contributed by atoms with Gasteiger partial charge in [0.2, 0.25) is 5.91 Å². The van der Waals surface area contributed by atoms with Gasteiger partial charge in [-0.15, -0.1) is 0 Å². The van der Waals surface area contributed by atoms with E-state index in [-0.39, 0.29) is 5.91 Å². The fraction of sp³-hybridized carbons (Fsp3) is 0.312. The lowest BCUT2D eigenvalue weighted by atomic mass is 10.0. The summed E-state index contributed by atoms with van der Waals surface area (Å²) in [5.74, 6) is -0.0132. The first-order chi connectivity index (χ1) is 9.08. The first kappa shape index (κ1) is 13.6. The summed E-state index contributed by atoms with van der Waals surface area (Å²) in [6.45, 7) is 2.41. The monoisotopic (exact) mass is 256 g/mol. The summed E-state index contributed by atoms with van der Waals surface area (Å²) in [5.41, 5.74) is 6.83. The Kier molecular flexibility index (Phi) is 4.17. The molecule has 2 rings (SSSR count). The smallest absolute Gasteiger partial charge is 0.238 e. The highest BCUT2D eigenvalue weighted by Gasteiger charge is 2.12. The lowest BCUT2D eigenvalue weighted by molar-refractivity contribution is -0.130. The van der Waals surface area contributed by atoms with E-state index >= 15 is 0 Å². The molecule has 1 unspecified atom stereocenters. The molecule has 0 heterocycles. The Balaban J connectivity index is 2.04. The molecule has 0 fully saturated rings. The fourth-order valence-electron chi connectivity index (χ4n) is 2.15. The SMILES string of the molecule is CC(N)C(=O)N(C)CCc1ccc2ccccc2c1. The minimum atomic E-state index is -0.429. The third kappa shape index (κ3) is 3.32. The maximum atomic E-state index is 11.7. The van der Waals surface area contributed by atoms with Crippen LogP contribution in [0.3, 0.4) is 0 Å². The average Bonchev–Trinajstić information content (AvgIpc) is 2.43. The maximum Gasteiger partial charge on any atom is 0.238 e. The first-order valence-electron chi connectivity index (χ1n) is 6.56. The average molecular weight is 256 g/mol. The Morgan fingerprint density at radius 1 is 1.21 bits per heavy atom. The van der Waals surface area contributed by atoms with Crippen molar-refractivity contribution in [2.75, 3.05) is 13.6 Å². The Morgan fingerprint density at radius 2 is 1.89 bits per heavy atom. The third-order valence-corrected chi connectivity index (χ3v) is 3.32. The summed E-state index contributed by atoms with van der Waals surface area (Å²) in [6.07, 6.45) is 0.847. The molecule has 0 radical (unpaired) electrons. The van der Waals surface area contributed by atoms with Crippen LogP contribution in [0.2, 0.25) is 0 Å². The molecule has 0 bridgehead atoms. The number of carbonyl (C=O) groups excluding carboxylic acids is 1. The van der Waals surface area contributed by atoms with Gasteiger partial charge in [0.1, 0.15) is 0 Å². The van der Waals surface area contributed by atoms with Crippen LogP contribution in [0.5, 0.6) is 0 Å². The molecule has 1 amide bonds. The highest BCUT2D eigenvalue weighted by molar-refractivity contribution is 5.83. The standard InChI is InChI=1S/C16H20N2O/c1-12(17)16(19)18(2)10-9-13-7-8-14-5-3-4-6-15(14)11-13/h3-8,11-12H,9-10,17H2,1-2H3. The van der Waals surface area contributed by atoms with E-state index in [1.54, 1.807) is 18.9 Å². The van der Waals surface area contributed by atoms with Crippen molar-refractivity contribution < 1.29 is 4.79 Å². The van der Waals surface area contributed by atoms with Gasteiger partial charge in [0.25, 0.3) is 0 Å². The molecule has 0 saturated heterocycles. The van der Waals surface area contributed by atoms with Crippen molar-refractivity contribution in [3.05, 3.63) is 48.0 Å². The van der Waals surface area contributed by atoms with E-state index in [2.05, 4.69) is 30.3 Å². The van der Waals surface area contributed by atoms with Crippen LogP contribution in [0.25, 0.3) is 10.8 Å². The van der Waals surface area contributed by atoms with E-state index in [0.717, 1.165) is 6.42 Å². The summed E-state index contributed by atoms with van der Waals surface area (Å²) in [6, 6.07) is 14.3. The van der Waals surface area contributed by atoms with Crippen molar-refractivity contribution in [2.45, 2.75) is 19.4 Å². The largest absolute Gasteiger partial charge is 0.344 e. The number of rotatable bonds is 4. The van der Waals surface area contributed by atoms with Crippen LogP contribution in [-0.2, 0) is 11.2 Å². The van der Waals surface area contributed by atoms with Crippen LogP contribution in [0, 0.1) is 0 Å². The normalized spacial score (nSPS) is 12.4. The summed E-state index contributed by atoms with van der Waals surface area (Å²) in [5, 5.41) is 2.48. The van der Waals surface area contributed by atoms with E-state index < -0.39 is 6.04 Å². The van der Waals surface area contributed by atoms with Crippen molar-refractivity contribution in [3.63, 3.8) is 0 Å². The van der Waals surface area contributed by atoms with Gasteiger partial charge < -0.3 is 10.6 Å². The minimum absolute atomic E-state index is 0.0132. The zero-order chi connectivity index (χ0) is 13.8. The molecule has 0 saturated carbocycles. The lowest BCUT2D eigenvalue weighted by Gasteiger charge is -2.19. The zero-order valence-corrected chi connectivity index (χ0v) is 11.5. The summed E-state index contributed by atoms with van der Waals surface area (Å²) < 4.78 is 0. The van der Waals surface area contributed by atoms with E-state index in [9.17, 15) is 4.79 Å². The number of amides is 1. The molecule has 0 aromatic heterocycles. The van der Waals surface area contributed by atoms with Gasteiger partial charge >= 0.3 is 0 Å². The van der Waals surface area contributed by atoms with E-state index in [0.29, 0.717) is 6.54 Å². The molecule has 0 aliphatic carbocycles. The number of hydrogen-bond acceptors (Lipinski definition) is 2. The first-order valence-corrected chi connectivity index (χ1v) is 6.56. The second-order valence-corrected chi connectivity index (χ2v) is 4.98. The van der Waals surface area contributed by atoms with Gasteiger partial charge in [-0.3, -0.25) is 4.79 Å². The Hall–Kier alpha value is -1.87. The van der Waals surface area contributed by atoms with E-state index in [4.69, 9.17) is 5.73 Å². The minimum Gasteiger partial charge on any atom is -0.344 e. The third-order valence-electron chi connectivity index (χ3n) is 3.32. The number of nitrogens with zero attached hydrogens (tertiary/aromatic N) is 1. The number of benzene rings is 2. The molecule has 2 aromatic rings. The molecular formula is C16H20N2O. The van der Waals surface area contributed by atoms with Crippen molar-refractivity contribution in [1.29, 1.82) is 0 Å². The molecule has 19 heavy (non-hydrogen) atoms. The number of hydrogen-bond donors (Lipinski definition) is 1. The molecule has 2 aromatic carbocycles. The second-order valence-electron chi connectivity index (χ2n) is 4.98. The van der Waals surface area contributed by atoms with Crippen molar-refractivity contribution in [2.24, 2.45) is 5.73 Å². The van der Waals surface area contributed by atoms with Crippen LogP contribution >= 0.6 is 0 Å². The van der Waals surface area contributed by atoms with Gasteiger partial charge in [0.15, 0.2) is 0 Å². The van der Waals surface area contributed by atoms with Gasteiger partial charge in [-0.25, -0.2) is 0 Å². The predicted molar refractivity (Wildman–Crippen MR) is 78.9 cm³/mol. The lowest BCUT2D eigenvalue weighted by Crippen LogP contribution is -2.40. The van der Waals surface area contributed by atoms with Gasteiger partial charge in [0, 0.05) is 13.6 Å². The van der Waals surface area contributed by atoms with Gasteiger partial charge in [-0.2, -0.15) is 0 Å². The zero-order valence-electron chi connectivity index (χ0n) is 11.5. The summed E-state index contributed by atoms with van der Waals surface area (Å²) in [4.78, 5) is 13.4. The molecule has 0 aliphatic rings. The van der Waals surface area contributed by atoms with Crippen molar-refractivity contribution in [1.82, 2.24) is 4.90 Å². The predicted octanol–water partition coefficient (Wildman–Crippen LogP) is 2.19. The Morgan fingerprint density at radius 3 is 2.58 bits per heavy atom. The Labute approximate surface area is 114 Å². The number of carbonyl (C=O) groups is 1. The molecule has 0 aliphatic heterocycles. The number of nitrogens with two attached hydrogens (primary N) is 1. The number of fused-ring (bicyclic) bond motifs is 1. The van der Waals surface area contributed by atoms with Crippen LogP contribution in [0.4, 0.5) is 0 Å². The Bertz CT molecular complexity index is 578. The van der Waals surface area contributed by atoms with Gasteiger partial charge in [0.05, 0.1) is 6.04 Å². The van der Waals surface area contributed by atoms with Crippen molar-refractivity contribution >= 4 is 16.7 Å². The van der Waals surface area contributed by atoms with Crippen molar-refractivity contribution in [3.8, 4) is 0 Å². The van der Waals surface area contributed by atoms with Crippen LogP contribution in [0.1, 0.15) is 12.5 Å². The quantitative estimate of drug-likeness (QED) is 0.911. The second kappa shape index (κ2) is 5.85. The molecule has 2 N–H and O–H groups in total. The van der Waals surface area contributed by atoms with Crippen LogP contribution < -0.4 is 5.73 Å². The highest BCUT2D eigenvalue weighted by atomic mass is 16.2. The molecule has 100 valence electrons. The van der Waals surface area contributed by atoms with Crippen LogP contribution in [0.15, 0.2) is 42.5 Å². The highest BCUT2D eigenvalue weighted by Crippen LogP contribution is 2.16. The molecule has 0 spiro atoms. The maximum absolute atomic E-state index is 11.7. The van der Waals surface area contributed by atoms with E-state index in [1.165, 1.54) is 16.3 Å². The summed E-state index contributed by atoms with van der Waals surface area (Å²) >= 11 is 0. The molecule has 3 nitrogen and oxygen atoms in total. The molecular weight excluding hydrogens is 236 g/mol. The number of likely N-dealkylation sites (N-methyl/N-ethyl adjacent to an activating group) is 1. The van der Waals surface area contributed by atoms with Gasteiger partial charge in [-0.1, -0.05) is 42.5 Å². The van der Waals surface area contributed by atoms with E-state index in [1.807, 2.05) is 12.1 Å².